The molecule has 1 aliphatic carbocycles. The summed E-state index contributed by atoms with van der Waals surface area (Å²) in [4.78, 5) is 12.1. The lowest BCUT2D eigenvalue weighted by molar-refractivity contribution is -0.168. The lowest BCUT2D eigenvalue weighted by atomic mass is 9.95. The molecule has 5 heteroatoms. The Labute approximate surface area is 119 Å². The summed E-state index contributed by atoms with van der Waals surface area (Å²) in [6, 6.07) is 0. The Morgan fingerprint density at radius 2 is 1.95 bits per heavy atom. The number of ketones is 1. The third-order valence-electron chi connectivity index (χ3n) is 3.08. The molecule has 0 saturated carbocycles. The molecule has 5 nitrogen and oxygen atoms in total. The zero-order valence-corrected chi connectivity index (χ0v) is 12.5. The molecule has 0 spiro atoms. The van der Waals surface area contributed by atoms with E-state index in [0.29, 0.717) is 11.3 Å². The average molecular weight is 280 g/mol. The maximum atomic E-state index is 12.1. The molecule has 0 N–H and O–H groups in total. The summed E-state index contributed by atoms with van der Waals surface area (Å²) in [6.07, 6.45) is 2.52. The second-order valence-corrected chi connectivity index (χ2v) is 4.13. The summed E-state index contributed by atoms with van der Waals surface area (Å²) in [5, 5.41) is 0. The average Bonchev–Trinajstić information content (AvgIpc) is 2.47. The van der Waals surface area contributed by atoms with Crippen molar-refractivity contribution in [1.29, 1.82) is 0 Å². The van der Waals surface area contributed by atoms with Crippen molar-refractivity contribution in [2.24, 2.45) is 0 Å². The molecule has 0 amide bonds. The number of hydrogen-bond acceptors (Lipinski definition) is 5. The van der Waals surface area contributed by atoms with E-state index in [1.807, 2.05) is 0 Å². The molecule has 0 aromatic rings. The predicted molar refractivity (Wildman–Crippen MR) is 73.8 cm³/mol. The molecular formula is C15H20O5. The van der Waals surface area contributed by atoms with Gasteiger partial charge < -0.3 is 18.9 Å². The van der Waals surface area contributed by atoms with E-state index in [2.05, 4.69) is 11.8 Å². The number of carbonyl (C=O) groups is 1. The van der Waals surface area contributed by atoms with Gasteiger partial charge in [-0.3, -0.25) is 4.79 Å². The highest BCUT2D eigenvalue weighted by atomic mass is 16.7. The van der Waals surface area contributed by atoms with Crippen molar-refractivity contribution in [2.45, 2.75) is 25.7 Å². The van der Waals surface area contributed by atoms with Gasteiger partial charge >= 0.3 is 0 Å². The fourth-order valence-corrected chi connectivity index (χ4v) is 1.90. The van der Waals surface area contributed by atoms with Gasteiger partial charge in [0.2, 0.25) is 5.79 Å². The molecule has 0 radical (unpaired) electrons. The second-order valence-electron chi connectivity index (χ2n) is 4.13. The van der Waals surface area contributed by atoms with E-state index in [9.17, 15) is 4.79 Å². The van der Waals surface area contributed by atoms with Gasteiger partial charge in [0.15, 0.2) is 11.5 Å². The molecule has 0 heterocycles. The minimum atomic E-state index is -1.20. The van der Waals surface area contributed by atoms with Crippen LogP contribution in [-0.2, 0) is 23.7 Å². The SMILES string of the molecule is CC#CCOC(C)C1=CC(OC)(OC)C(OC)=CC1=O. The highest BCUT2D eigenvalue weighted by Gasteiger charge is 2.40. The first-order valence-electron chi connectivity index (χ1n) is 6.19. The Morgan fingerprint density at radius 1 is 1.30 bits per heavy atom. The van der Waals surface area contributed by atoms with Crippen LogP contribution in [0.25, 0.3) is 0 Å². The summed E-state index contributed by atoms with van der Waals surface area (Å²) < 4.78 is 21.4. The molecule has 20 heavy (non-hydrogen) atoms. The number of hydrogen-bond donors (Lipinski definition) is 0. The summed E-state index contributed by atoms with van der Waals surface area (Å²) >= 11 is 0. The zero-order chi connectivity index (χ0) is 15.2. The first-order valence-corrected chi connectivity index (χ1v) is 6.19. The minimum absolute atomic E-state index is 0.191. The summed E-state index contributed by atoms with van der Waals surface area (Å²) in [6.45, 7) is 3.77. The largest absolute Gasteiger partial charge is 0.495 e. The van der Waals surface area contributed by atoms with Crippen molar-refractivity contribution in [1.82, 2.24) is 0 Å². The molecule has 0 aromatic carbocycles. The molecule has 1 unspecified atom stereocenters. The van der Waals surface area contributed by atoms with Crippen LogP contribution in [0.4, 0.5) is 0 Å². The van der Waals surface area contributed by atoms with E-state index >= 15 is 0 Å². The Hall–Kier alpha value is -1.61. The van der Waals surface area contributed by atoms with Crippen molar-refractivity contribution in [2.75, 3.05) is 27.9 Å². The molecule has 1 atom stereocenters. The molecule has 0 saturated heterocycles. The van der Waals surface area contributed by atoms with Crippen LogP contribution in [0.3, 0.4) is 0 Å². The lowest BCUT2D eigenvalue weighted by Gasteiger charge is -2.33. The molecule has 0 bridgehead atoms. The van der Waals surface area contributed by atoms with Crippen molar-refractivity contribution in [3.05, 3.63) is 23.5 Å². The van der Waals surface area contributed by atoms with E-state index in [1.165, 1.54) is 27.4 Å². The van der Waals surface area contributed by atoms with Crippen molar-refractivity contribution in [3.63, 3.8) is 0 Å². The zero-order valence-electron chi connectivity index (χ0n) is 12.5. The van der Waals surface area contributed by atoms with Crippen LogP contribution in [0.5, 0.6) is 0 Å². The summed E-state index contributed by atoms with van der Waals surface area (Å²) in [5.41, 5.74) is 0.451. The highest BCUT2D eigenvalue weighted by molar-refractivity contribution is 6.06. The van der Waals surface area contributed by atoms with Crippen molar-refractivity contribution < 1.29 is 23.7 Å². The van der Waals surface area contributed by atoms with E-state index in [-0.39, 0.29) is 12.4 Å². The number of ether oxygens (including phenoxy) is 4. The van der Waals surface area contributed by atoms with E-state index in [4.69, 9.17) is 18.9 Å². The van der Waals surface area contributed by atoms with Gasteiger partial charge in [-0.15, -0.1) is 5.92 Å². The van der Waals surface area contributed by atoms with Crippen molar-refractivity contribution in [3.8, 4) is 11.8 Å². The van der Waals surface area contributed by atoms with Gasteiger partial charge in [0.05, 0.1) is 13.2 Å². The van der Waals surface area contributed by atoms with Crippen LogP contribution in [0, 0.1) is 11.8 Å². The van der Waals surface area contributed by atoms with E-state index < -0.39 is 11.9 Å². The van der Waals surface area contributed by atoms with Crippen LogP contribution in [0.1, 0.15) is 13.8 Å². The van der Waals surface area contributed by atoms with E-state index in [0.717, 1.165) is 0 Å². The molecule has 0 aromatic heterocycles. The Morgan fingerprint density at radius 3 is 2.45 bits per heavy atom. The number of allylic oxidation sites excluding steroid dienone is 1. The molecule has 1 aliphatic rings. The minimum Gasteiger partial charge on any atom is -0.495 e. The van der Waals surface area contributed by atoms with Crippen LogP contribution < -0.4 is 0 Å². The fourth-order valence-electron chi connectivity index (χ4n) is 1.90. The van der Waals surface area contributed by atoms with Gasteiger partial charge in [-0.2, -0.15) is 0 Å². The van der Waals surface area contributed by atoms with Crippen LogP contribution >= 0.6 is 0 Å². The molecule has 0 aliphatic heterocycles. The highest BCUT2D eigenvalue weighted by Crippen LogP contribution is 2.31. The lowest BCUT2D eigenvalue weighted by Crippen LogP contribution is -2.40. The van der Waals surface area contributed by atoms with Gasteiger partial charge in [-0.25, -0.2) is 0 Å². The summed E-state index contributed by atoms with van der Waals surface area (Å²) in [5.74, 6) is 4.43. The number of carbonyl (C=O) groups excluding carboxylic acids is 1. The fraction of sp³-hybridized carbons (Fsp3) is 0.533. The molecule has 0 fully saturated rings. The smallest absolute Gasteiger partial charge is 0.248 e. The predicted octanol–water partition coefficient (Wildman–Crippen LogP) is 1.44. The monoisotopic (exact) mass is 280 g/mol. The van der Waals surface area contributed by atoms with Gasteiger partial charge in [0.25, 0.3) is 0 Å². The Bertz CT molecular complexity index is 474. The first-order chi connectivity index (χ1) is 9.54. The van der Waals surface area contributed by atoms with Gasteiger partial charge in [0.1, 0.15) is 6.61 Å². The Kier molecular flexibility index (Phi) is 5.96. The van der Waals surface area contributed by atoms with Crippen LogP contribution in [0.2, 0.25) is 0 Å². The Balaban J connectivity index is 3.03. The number of rotatable bonds is 6. The third kappa shape index (κ3) is 3.28. The quantitative estimate of drug-likeness (QED) is 0.544. The van der Waals surface area contributed by atoms with Crippen LogP contribution in [-0.4, -0.2) is 45.6 Å². The molecule has 110 valence electrons. The normalized spacial score (nSPS) is 18.6. The maximum absolute atomic E-state index is 12.1. The first kappa shape index (κ1) is 16.4. The maximum Gasteiger partial charge on any atom is 0.248 e. The molecule has 1 rings (SSSR count). The van der Waals surface area contributed by atoms with Gasteiger partial charge in [-0.05, 0) is 19.9 Å². The van der Waals surface area contributed by atoms with Crippen molar-refractivity contribution >= 4 is 5.78 Å². The van der Waals surface area contributed by atoms with E-state index in [1.54, 1.807) is 19.9 Å². The topological polar surface area (TPSA) is 54.0 Å². The van der Waals surface area contributed by atoms with Gasteiger partial charge in [-0.1, -0.05) is 5.92 Å². The molecular weight excluding hydrogens is 260 g/mol. The van der Waals surface area contributed by atoms with Crippen LogP contribution in [0.15, 0.2) is 23.5 Å². The third-order valence-corrected chi connectivity index (χ3v) is 3.08. The number of methoxy groups -OCH3 is 3. The summed E-state index contributed by atoms with van der Waals surface area (Å²) in [7, 11) is 4.42. The second kappa shape index (κ2) is 7.25. The standard InChI is InChI=1S/C15H20O5/c1-6-7-8-20-11(2)12-10-15(18-4,19-5)14(17-3)9-13(12)16/h9-11H,8H2,1-5H3. The van der Waals surface area contributed by atoms with Gasteiger partial charge in [0, 0.05) is 25.9 Å².